The van der Waals surface area contributed by atoms with Gasteiger partial charge in [0.1, 0.15) is 5.82 Å². The van der Waals surface area contributed by atoms with Crippen molar-refractivity contribution in [2.24, 2.45) is 12.0 Å². The van der Waals surface area contributed by atoms with Crippen LogP contribution in [0.4, 0.5) is 4.39 Å². The van der Waals surface area contributed by atoms with Crippen LogP contribution in [0, 0.1) is 5.82 Å². The first-order valence-corrected chi connectivity index (χ1v) is 8.94. The van der Waals surface area contributed by atoms with Gasteiger partial charge in [-0.15, -0.1) is 0 Å². The van der Waals surface area contributed by atoms with E-state index in [2.05, 4.69) is 32.7 Å². The van der Waals surface area contributed by atoms with Gasteiger partial charge in [0.05, 0.1) is 19.1 Å². The van der Waals surface area contributed by atoms with Crippen molar-refractivity contribution in [3.05, 3.63) is 59.7 Å². The highest BCUT2D eigenvalue weighted by molar-refractivity contribution is 5.79. The Morgan fingerprint density at radius 3 is 2.42 bits per heavy atom. The molecule has 0 saturated heterocycles. The van der Waals surface area contributed by atoms with Gasteiger partial charge in [0, 0.05) is 32.5 Å². The summed E-state index contributed by atoms with van der Waals surface area (Å²) in [7, 11) is 8.12. The van der Waals surface area contributed by atoms with Crippen LogP contribution in [-0.4, -0.2) is 54.6 Å². The zero-order chi connectivity index (χ0) is 19.1. The molecule has 5 nitrogen and oxygen atoms in total. The molecule has 0 bridgehead atoms. The van der Waals surface area contributed by atoms with Gasteiger partial charge in [-0.1, -0.05) is 12.1 Å². The lowest BCUT2D eigenvalue weighted by molar-refractivity contribution is 0.305. The number of nitrogens with one attached hydrogen (secondary N) is 1. The summed E-state index contributed by atoms with van der Waals surface area (Å²) in [5, 5.41) is 3.36. The Balaban J connectivity index is 2.14. The maximum atomic E-state index is 13.2. The SMILES string of the molecule is CCNC(=NCC(c1ccc(F)cc1)N(C)C)N(C)Cc1cccn1C. The smallest absolute Gasteiger partial charge is 0.194 e. The number of nitrogens with zero attached hydrogens (tertiary/aromatic N) is 4. The third kappa shape index (κ3) is 5.33. The Morgan fingerprint density at radius 2 is 1.88 bits per heavy atom. The second-order valence-electron chi connectivity index (χ2n) is 6.69. The van der Waals surface area contributed by atoms with Crippen molar-refractivity contribution in [1.82, 2.24) is 19.7 Å². The van der Waals surface area contributed by atoms with E-state index in [1.165, 1.54) is 17.8 Å². The van der Waals surface area contributed by atoms with Gasteiger partial charge in [0.2, 0.25) is 0 Å². The van der Waals surface area contributed by atoms with Crippen molar-refractivity contribution < 1.29 is 4.39 Å². The predicted molar refractivity (Wildman–Crippen MR) is 106 cm³/mol. The molecule has 6 heteroatoms. The van der Waals surface area contributed by atoms with Crippen LogP contribution in [0.1, 0.15) is 24.2 Å². The number of halogens is 1. The first-order chi connectivity index (χ1) is 12.4. The highest BCUT2D eigenvalue weighted by Gasteiger charge is 2.15. The second kappa shape index (κ2) is 9.38. The molecular formula is C20H30FN5. The lowest BCUT2D eigenvalue weighted by Gasteiger charge is -2.26. The summed E-state index contributed by atoms with van der Waals surface area (Å²) >= 11 is 0. The zero-order valence-corrected chi connectivity index (χ0v) is 16.4. The Bertz CT molecular complexity index is 705. The molecule has 0 fully saturated rings. The van der Waals surface area contributed by atoms with Gasteiger partial charge >= 0.3 is 0 Å². The summed E-state index contributed by atoms with van der Waals surface area (Å²) in [4.78, 5) is 9.06. The molecule has 2 rings (SSSR count). The molecule has 2 aromatic rings. The van der Waals surface area contributed by atoms with Crippen molar-refractivity contribution in [3.8, 4) is 0 Å². The number of aliphatic imine (C=N–C) groups is 1. The monoisotopic (exact) mass is 359 g/mol. The number of aryl methyl sites for hydroxylation is 1. The van der Waals surface area contributed by atoms with Crippen LogP contribution >= 0.6 is 0 Å². The van der Waals surface area contributed by atoms with E-state index >= 15 is 0 Å². The molecule has 26 heavy (non-hydrogen) atoms. The Kier molecular flexibility index (Phi) is 7.21. The minimum atomic E-state index is -0.217. The van der Waals surface area contributed by atoms with Gasteiger partial charge in [-0.05, 0) is 50.8 Å². The van der Waals surface area contributed by atoms with Gasteiger partial charge in [0.25, 0.3) is 0 Å². The van der Waals surface area contributed by atoms with E-state index in [0.717, 1.165) is 24.6 Å². The van der Waals surface area contributed by atoms with Gasteiger partial charge in [-0.25, -0.2) is 4.39 Å². The molecule has 1 N–H and O–H groups in total. The van der Waals surface area contributed by atoms with Crippen molar-refractivity contribution in [2.75, 3.05) is 34.2 Å². The number of aromatic nitrogens is 1. The maximum Gasteiger partial charge on any atom is 0.194 e. The van der Waals surface area contributed by atoms with Crippen LogP contribution in [0.3, 0.4) is 0 Å². The van der Waals surface area contributed by atoms with Crippen molar-refractivity contribution in [2.45, 2.75) is 19.5 Å². The van der Waals surface area contributed by atoms with Crippen LogP contribution in [0.15, 0.2) is 47.6 Å². The Labute approximate surface area is 156 Å². The number of rotatable bonds is 7. The van der Waals surface area contributed by atoms with Crippen LogP contribution in [-0.2, 0) is 13.6 Å². The fourth-order valence-electron chi connectivity index (χ4n) is 2.87. The summed E-state index contributed by atoms with van der Waals surface area (Å²) in [6, 6.07) is 10.9. The molecule has 0 saturated carbocycles. The van der Waals surface area contributed by atoms with Gasteiger partial charge < -0.3 is 19.7 Å². The molecule has 0 aliphatic carbocycles. The standard InChI is InChI=1S/C20H30FN5/c1-6-22-20(26(5)15-18-8-7-13-25(18)4)23-14-19(24(2)3)16-9-11-17(21)12-10-16/h7-13,19H,6,14-15H2,1-5H3,(H,22,23). The van der Waals surface area contributed by atoms with Crippen LogP contribution < -0.4 is 5.32 Å². The largest absolute Gasteiger partial charge is 0.357 e. The highest BCUT2D eigenvalue weighted by Crippen LogP contribution is 2.19. The van der Waals surface area contributed by atoms with Crippen LogP contribution in [0.2, 0.25) is 0 Å². The predicted octanol–water partition coefficient (Wildman–Crippen LogP) is 2.86. The molecule has 1 aromatic heterocycles. The molecule has 1 atom stereocenters. The number of guanidine groups is 1. The molecule has 0 spiro atoms. The average Bonchev–Trinajstić information content (AvgIpc) is 3.00. The molecule has 1 heterocycles. The van der Waals surface area contributed by atoms with E-state index in [0.29, 0.717) is 6.54 Å². The third-order valence-corrected chi connectivity index (χ3v) is 4.44. The first kappa shape index (κ1) is 20.0. The van der Waals surface area contributed by atoms with Gasteiger partial charge in [0.15, 0.2) is 5.96 Å². The van der Waals surface area contributed by atoms with Gasteiger partial charge in [-0.2, -0.15) is 0 Å². The Morgan fingerprint density at radius 1 is 1.19 bits per heavy atom. The summed E-state index contributed by atoms with van der Waals surface area (Å²) < 4.78 is 15.3. The number of hydrogen-bond acceptors (Lipinski definition) is 2. The van der Waals surface area contributed by atoms with E-state index in [1.54, 1.807) is 0 Å². The zero-order valence-electron chi connectivity index (χ0n) is 16.4. The molecule has 1 aromatic carbocycles. The topological polar surface area (TPSA) is 35.8 Å². The molecule has 0 radical (unpaired) electrons. The third-order valence-electron chi connectivity index (χ3n) is 4.44. The lowest BCUT2D eigenvalue weighted by atomic mass is 10.1. The highest BCUT2D eigenvalue weighted by atomic mass is 19.1. The van der Waals surface area contributed by atoms with Crippen LogP contribution in [0.5, 0.6) is 0 Å². The maximum absolute atomic E-state index is 13.2. The van der Waals surface area contributed by atoms with E-state index in [9.17, 15) is 4.39 Å². The summed E-state index contributed by atoms with van der Waals surface area (Å²) in [6.07, 6.45) is 2.05. The van der Waals surface area contributed by atoms with E-state index in [1.807, 2.05) is 52.6 Å². The Hall–Kier alpha value is -2.34. The molecule has 1 unspecified atom stereocenters. The first-order valence-electron chi connectivity index (χ1n) is 8.94. The summed E-state index contributed by atoms with van der Waals surface area (Å²) in [5.41, 5.74) is 2.28. The second-order valence-corrected chi connectivity index (χ2v) is 6.69. The fourth-order valence-corrected chi connectivity index (χ4v) is 2.87. The quantitative estimate of drug-likeness (QED) is 0.610. The number of hydrogen-bond donors (Lipinski definition) is 1. The van der Waals surface area contributed by atoms with Gasteiger partial charge in [-0.3, -0.25) is 4.99 Å². The normalized spacial score (nSPS) is 13.1. The van der Waals surface area contributed by atoms with Crippen molar-refractivity contribution in [1.29, 1.82) is 0 Å². The fraction of sp³-hybridized carbons (Fsp3) is 0.450. The average molecular weight is 359 g/mol. The summed E-state index contributed by atoms with van der Waals surface area (Å²) in [6.45, 7) is 4.24. The lowest BCUT2D eigenvalue weighted by Crippen LogP contribution is -2.39. The van der Waals surface area contributed by atoms with E-state index < -0.39 is 0 Å². The number of benzene rings is 1. The molecule has 0 aliphatic rings. The number of likely N-dealkylation sites (N-methyl/N-ethyl adjacent to an activating group) is 1. The minimum Gasteiger partial charge on any atom is -0.357 e. The summed E-state index contributed by atoms with van der Waals surface area (Å²) in [5.74, 6) is 0.646. The van der Waals surface area contributed by atoms with E-state index in [4.69, 9.17) is 4.99 Å². The molecule has 0 amide bonds. The van der Waals surface area contributed by atoms with Crippen molar-refractivity contribution >= 4 is 5.96 Å². The van der Waals surface area contributed by atoms with Crippen LogP contribution in [0.25, 0.3) is 0 Å². The molecule has 142 valence electrons. The molecule has 0 aliphatic heterocycles. The molecular weight excluding hydrogens is 329 g/mol. The minimum absolute atomic E-state index is 0.0905. The van der Waals surface area contributed by atoms with Crippen molar-refractivity contribution in [3.63, 3.8) is 0 Å². The van der Waals surface area contributed by atoms with E-state index in [-0.39, 0.29) is 11.9 Å².